The third kappa shape index (κ3) is 3.11. The Balaban J connectivity index is 1.58. The molecule has 3 saturated heterocycles. The Morgan fingerprint density at radius 1 is 1.08 bits per heavy atom. The van der Waals surface area contributed by atoms with Gasteiger partial charge in [0.2, 0.25) is 11.8 Å². The van der Waals surface area contributed by atoms with E-state index in [4.69, 9.17) is 0 Å². The summed E-state index contributed by atoms with van der Waals surface area (Å²) >= 11 is 0. The van der Waals surface area contributed by atoms with E-state index in [1.165, 1.54) is 26.2 Å². The number of hydrogen-bond donors (Lipinski definition) is 1. The van der Waals surface area contributed by atoms with Gasteiger partial charge in [-0.25, -0.2) is 9.59 Å². The van der Waals surface area contributed by atoms with Crippen molar-refractivity contribution in [2.45, 2.75) is 25.3 Å². The Bertz CT molecular complexity index is 1280. The maximum absolute atomic E-state index is 13.5. The van der Waals surface area contributed by atoms with E-state index >= 15 is 0 Å². The lowest BCUT2D eigenvalue weighted by molar-refractivity contribution is -0.159. The van der Waals surface area contributed by atoms with Crippen LogP contribution >= 0.6 is 0 Å². The lowest BCUT2D eigenvalue weighted by Crippen LogP contribution is -2.70. The average molecular weight is 492 g/mol. The van der Waals surface area contributed by atoms with Gasteiger partial charge in [-0.1, -0.05) is 12.1 Å². The van der Waals surface area contributed by atoms with Crippen LogP contribution in [0.15, 0.2) is 36.4 Å². The predicted molar refractivity (Wildman–Crippen MR) is 127 cm³/mol. The Morgan fingerprint density at radius 2 is 1.78 bits per heavy atom. The molecular formula is C25H25N5O6. The summed E-state index contributed by atoms with van der Waals surface area (Å²) in [5, 5.41) is 2.15. The fourth-order valence-electron chi connectivity index (χ4n) is 5.78. The minimum Gasteiger partial charge on any atom is -0.367 e. The molecule has 5 rings (SSSR count). The number of carbonyl (C=O) groups excluding carboxylic acids is 6. The molecule has 11 nitrogen and oxygen atoms in total. The lowest BCUT2D eigenvalue weighted by atomic mass is 9.68. The molecule has 11 heteroatoms. The normalized spacial score (nSPS) is 24.5. The quantitative estimate of drug-likeness (QED) is 0.288. The molecule has 0 aliphatic carbocycles. The molecule has 8 amide bonds. The van der Waals surface area contributed by atoms with Crippen molar-refractivity contribution in [1.82, 2.24) is 20.0 Å². The van der Waals surface area contributed by atoms with Gasteiger partial charge in [0.15, 0.2) is 5.41 Å². The van der Waals surface area contributed by atoms with Crippen LogP contribution in [0, 0.1) is 5.41 Å². The number of nitrogens with zero attached hydrogens (tertiary/aromatic N) is 4. The minimum atomic E-state index is -1.45. The highest BCUT2D eigenvalue weighted by molar-refractivity contribution is 6.31. The summed E-state index contributed by atoms with van der Waals surface area (Å²) in [5.74, 6) is -2.60. The van der Waals surface area contributed by atoms with E-state index in [2.05, 4.69) is 11.9 Å². The fourth-order valence-corrected chi connectivity index (χ4v) is 5.78. The molecule has 1 aromatic carbocycles. The minimum absolute atomic E-state index is 0.0533. The van der Waals surface area contributed by atoms with Crippen molar-refractivity contribution >= 4 is 47.5 Å². The maximum Gasteiger partial charge on any atom is 0.332 e. The van der Waals surface area contributed by atoms with Gasteiger partial charge in [0, 0.05) is 32.9 Å². The standard InChI is InChI=1S/C25H25N5O6/c1-4-9-30-20(32)16(19(31)26-23(30)35)12-14-7-8-17-15(11-14)13-25(18-6-5-10-29(17)18)21(33)27(2)24(36)28(3)22(25)34/h4,7-8,11-12,18H,1,5-6,9-10,13H2,2-3H3,(H,26,31,35)/b16-12+/t18-/m1/s1. The van der Waals surface area contributed by atoms with Gasteiger partial charge in [0.1, 0.15) is 5.57 Å². The fraction of sp³-hybridized carbons (Fsp3) is 0.360. The van der Waals surface area contributed by atoms with Gasteiger partial charge in [-0.05, 0) is 48.6 Å². The van der Waals surface area contributed by atoms with Crippen LogP contribution in [-0.2, 0) is 25.6 Å². The molecule has 1 N–H and O–H groups in total. The highest BCUT2D eigenvalue weighted by Gasteiger charge is 2.63. The van der Waals surface area contributed by atoms with Crippen molar-refractivity contribution in [2.75, 3.05) is 32.1 Å². The molecule has 0 saturated carbocycles. The Morgan fingerprint density at radius 3 is 2.44 bits per heavy atom. The molecule has 186 valence electrons. The topological polar surface area (TPSA) is 127 Å². The van der Waals surface area contributed by atoms with E-state index in [1.807, 2.05) is 11.0 Å². The number of imide groups is 4. The summed E-state index contributed by atoms with van der Waals surface area (Å²) in [4.78, 5) is 81.6. The molecule has 1 spiro atoms. The predicted octanol–water partition coefficient (Wildman–Crippen LogP) is 0.896. The van der Waals surface area contributed by atoms with Crippen LogP contribution in [0.3, 0.4) is 0 Å². The smallest absolute Gasteiger partial charge is 0.332 e. The van der Waals surface area contributed by atoms with Crippen molar-refractivity contribution in [2.24, 2.45) is 5.41 Å². The maximum atomic E-state index is 13.5. The molecule has 36 heavy (non-hydrogen) atoms. The SMILES string of the molecule is C=CCN1C(=O)NC(=O)/C(=C\c2ccc3c(c2)CC2(C(=O)N(C)C(=O)N(C)C2=O)[C@H]2CCCN32)C1=O. The molecule has 0 unspecified atom stereocenters. The van der Waals surface area contributed by atoms with Crippen LogP contribution in [0.25, 0.3) is 6.08 Å². The zero-order valence-electron chi connectivity index (χ0n) is 19.9. The van der Waals surface area contributed by atoms with Crippen LogP contribution in [0.5, 0.6) is 0 Å². The summed E-state index contributed by atoms with van der Waals surface area (Å²) in [6.45, 7) is 4.13. The van der Waals surface area contributed by atoms with Gasteiger partial charge >= 0.3 is 12.1 Å². The number of carbonyl (C=O) groups is 6. The van der Waals surface area contributed by atoms with E-state index in [-0.39, 0.29) is 24.6 Å². The van der Waals surface area contributed by atoms with Crippen LogP contribution in [0.1, 0.15) is 24.0 Å². The molecule has 1 atom stereocenters. The number of urea groups is 2. The molecular weight excluding hydrogens is 466 g/mol. The van der Waals surface area contributed by atoms with Crippen LogP contribution in [0.4, 0.5) is 15.3 Å². The highest BCUT2D eigenvalue weighted by Crippen LogP contribution is 2.49. The molecule has 4 heterocycles. The number of amides is 8. The monoisotopic (exact) mass is 491 g/mol. The third-order valence-corrected chi connectivity index (χ3v) is 7.46. The zero-order chi connectivity index (χ0) is 25.9. The van der Waals surface area contributed by atoms with E-state index in [1.54, 1.807) is 12.1 Å². The number of nitrogens with one attached hydrogen (secondary N) is 1. The van der Waals surface area contributed by atoms with E-state index in [0.29, 0.717) is 24.1 Å². The summed E-state index contributed by atoms with van der Waals surface area (Å²) in [6, 6.07) is 3.49. The molecule has 0 bridgehead atoms. The van der Waals surface area contributed by atoms with E-state index < -0.39 is 41.1 Å². The van der Waals surface area contributed by atoms with Gasteiger partial charge in [0.25, 0.3) is 11.8 Å². The lowest BCUT2D eigenvalue weighted by Gasteiger charge is -2.50. The van der Waals surface area contributed by atoms with Crippen molar-refractivity contribution in [3.8, 4) is 0 Å². The summed E-state index contributed by atoms with van der Waals surface area (Å²) in [5.41, 5.74) is 0.411. The third-order valence-electron chi connectivity index (χ3n) is 7.46. The largest absolute Gasteiger partial charge is 0.367 e. The number of anilines is 1. The Labute approximate surface area is 207 Å². The number of barbiturate groups is 2. The number of rotatable bonds is 3. The van der Waals surface area contributed by atoms with Crippen molar-refractivity contribution in [3.63, 3.8) is 0 Å². The average Bonchev–Trinajstić information content (AvgIpc) is 3.36. The zero-order valence-corrected chi connectivity index (χ0v) is 19.9. The first kappa shape index (κ1) is 23.5. The number of fused-ring (bicyclic) bond motifs is 4. The van der Waals surface area contributed by atoms with Crippen molar-refractivity contribution in [1.29, 1.82) is 0 Å². The van der Waals surface area contributed by atoms with Gasteiger partial charge in [-0.3, -0.25) is 39.2 Å². The molecule has 4 aliphatic heterocycles. The first-order chi connectivity index (χ1) is 17.1. The second-order valence-electron chi connectivity index (χ2n) is 9.42. The molecule has 4 aliphatic rings. The van der Waals surface area contributed by atoms with Crippen LogP contribution in [0.2, 0.25) is 0 Å². The summed E-state index contributed by atoms with van der Waals surface area (Å²) < 4.78 is 0. The van der Waals surface area contributed by atoms with Crippen LogP contribution in [-0.4, -0.2) is 83.6 Å². The summed E-state index contributed by atoms with van der Waals surface area (Å²) in [6.07, 6.45) is 4.28. The number of hydrogen-bond acceptors (Lipinski definition) is 7. The summed E-state index contributed by atoms with van der Waals surface area (Å²) in [7, 11) is 2.77. The molecule has 0 aromatic heterocycles. The van der Waals surface area contributed by atoms with Crippen molar-refractivity contribution in [3.05, 3.63) is 47.6 Å². The van der Waals surface area contributed by atoms with Gasteiger partial charge in [0.05, 0.1) is 6.04 Å². The number of benzene rings is 1. The second-order valence-corrected chi connectivity index (χ2v) is 9.42. The first-order valence-electron chi connectivity index (χ1n) is 11.6. The Hall–Kier alpha value is -4.28. The van der Waals surface area contributed by atoms with Gasteiger partial charge in [-0.2, -0.15) is 0 Å². The second kappa shape index (κ2) is 8.14. The van der Waals surface area contributed by atoms with E-state index in [0.717, 1.165) is 26.8 Å². The first-order valence-corrected chi connectivity index (χ1v) is 11.6. The van der Waals surface area contributed by atoms with Gasteiger partial charge in [-0.15, -0.1) is 6.58 Å². The Kier molecular flexibility index (Phi) is 5.31. The van der Waals surface area contributed by atoms with Crippen LogP contribution < -0.4 is 10.2 Å². The highest BCUT2D eigenvalue weighted by atomic mass is 16.2. The molecule has 0 radical (unpaired) electrons. The van der Waals surface area contributed by atoms with Crippen molar-refractivity contribution < 1.29 is 28.8 Å². The molecule has 1 aromatic rings. The molecule has 3 fully saturated rings. The van der Waals surface area contributed by atoms with E-state index in [9.17, 15) is 28.8 Å². The van der Waals surface area contributed by atoms with Gasteiger partial charge < -0.3 is 4.90 Å².